The quantitative estimate of drug-likeness (QED) is 0.792. The molecule has 5 rings (SSSR count). The van der Waals surface area contributed by atoms with Crippen molar-refractivity contribution < 1.29 is 9.90 Å². The summed E-state index contributed by atoms with van der Waals surface area (Å²) in [4.78, 5) is 15.1. The van der Waals surface area contributed by atoms with Crippen molar-refractivity contribution in [2.24, 2.45) is 11.8 Å². The van der Waals surface area contributed by atoms with Crippen molar-refractivity contribution in [3.8, 4) is 0 Å². The van der Waals surface area contributed by atoms with E-state index in [4.69, 9.17) is 0 Å². The number of benzene rings is 1. The molecule has 1 amide bonds. The molecule has 3 aliphatic heterocycles. The molecule has 0 radical (unpaired) electrons. The van der Waals surface area contributed by atoms with E-state index in [1.807, 2.05) is 0 Å². The number of carbonyl (C=O) groups is 1. The van der Waals surface area contributed by atoms with Crippen LogP contribution in [0.1, 0.15) is 62.1 Å². The van der Waals surface area contributed by atoms with Gasteiger partial charge in [-0.05, 0) is 68.1 Å². The number of aliphatic hydroxyl groups excluding tert-OH is 1. The van der Waals surface area contributed by atoms with Gasteiger partial charge in [-0.25, -0.2) is 0 Å². The Labute approximate surface area is 178 Å². The predicted octanol–water partition coefficient (Wildman–Crippen LogP) is 3.83. The molecule has 1 aliphatic carbocycles. The molecule has 156 valence electrons. The third-order valence-electron chi connectivity index (χ3n) is 7.72. The average Bonchev–Trinajstić information content (AvgIpc) is 3.25. The van der Waals surface area contributed by atoms with Crippen LogP contribution in [-0.4, -0.2) is 46.4 Å². The van der Waals surface area contributed by atoms with E-state index >= 15 is 0 Å². The normalized spacial score (nSPS) is 38.2. The minimum Gasteiger partial charge on any atom is -0.392 e. The van der Waals surface area contributed by atoms with E-state index in [9.17, 15) is 9.90 Å². The zero-order chi connectivity index (χ0) is 20.0. The summed E-state index contributed by atoms with van der Waals surface area (Å²) < 4.78 is 0. The van der Waals surface area contributed by atoms with Crippen LogP contribution in [0.25, 0.3) is 0 Å². The van der Waals surface area contributed by atoms with Gasteiger partial charge in [0, 0.05) is 23.9 Å². The van der Waals surface area contributed by atoms with E-state index < -0.39 is 0 Å². The summed E-state index contributed by atoms with van der Waals surface area (Å²) in [5.74, 6) is 0.764. The monoisotopic (exact) mass is 412 g/mol. The number of carbonyl (C=O) groups excluding carboxylic acids is 1. The minimum absolute atomic E-state index is 0.0255. The van der Waals surface area contributed by atoms with Gasteiger partial charge in [-0.1, -0.05) is 36.8 Å². The number of amides is 1. The molecule has 2 N–H and O–H groups in total. The van der Waals surface area contributed by atoms with Gasteiger partial charge in [-0.3, -0.25) is 9.69 Å². The van der Waals surface area contributed by atoms with Gasteiger partial charge in [0.05, 0.1) is 11.4 Å². The summed E-state index contributed by atoms with van der Waals surface area (Å²) in [6.45, 7) is 4.70. The molecule has 5 heteroatoms. The van der Waals surface area contributed by atoms with Crippen LogP contribution < -0.4 is 5.32 Å². The lowest BCUT2D eigenvalue weighted by atomic mass is 9.63. The first-order chi connectivity index (χ1) is 14.1. The molecule has 0 bridgehead atoms. The SMILES string of the molecule is CC(c1ccc(C2C(O)CCC3NC(=O)C4SC=CC4C32)cc1)N1CCCCC1. The third-order valence-corrected chi connectivity index (χ3v) is 8.85. The van der Waals surface area contributed by atoms with Gasteiger partial charge in [-0.15, -0.1) is 11.8 Å². The Morgan fingerprint density at radius 3 is 2.66 bits per heavy atom. The van der Waals surface area contributed by atoms with Crippen molar-refractivity contribution in [3.63, 3.8) is 0 Å². The van der Waals surface area contributed by atoms with Crippen LogP contribution in [-0.2, 0) is 4.79 Å². The second-order valence-corrected chi connectivity index (χ2v) is 10.3. The summed E-state index contributed by atoms with van der Waals surface area (Å²) in [6.07, 6.45) is 7.47. The number of nitrogens with one attached hydrogen (secondary N) is 1. The molecule has 3 fully saturated rings. The zero-order valence-corrected chi connectivity index (χ0v) is 18.0. The van der Waals surface area contributed by atoms with E-state index in [1.165, 1.54) is 43.5 Å². The fourth-order valence-electron chi connectivity index (χ4n) is 6.11. The van der Waals surface area contributed by atoms with Crippen molar-refractivity contribution in [2.45, 2.75) is 68.4 Å². The molecule has 2 saturated heterocycles. The number of likely N-dealkylation sites (tertiary alicyclic amines) is 1. The molecule has 1 saturated carbocycles. The molecule has 4 aliphatic rings. The van der Waals surface area contributed by atoms with Gasteiger partial charge in [0.2, 0.25) is 5.91 Å². The molecule has 0 aromatic heterocycles. The van der Waals surface area contributed by atoms with Gasteiger partial charge in [0.25, 0.3) is 0 Å². The summed E-state index contributed by atoms with van der Waals surface area (Å²) >= 11 is 1.63. The Hall–Kier alpha value is -1.30. The number of allylic oxidation sites excluding steroid dienone is 1. The van der Waals surface area contributed by atoms with Crippen LogP contribution in [0.5, 0.6) is 0 Å². The topological polar surface area (TPSA) is 52.6 Å². The maximum atomic E-state index is 12.5. The lowest BCUT2D eigenvalue weighted by Gasteiger charge is -2.48. The van der Waals surface area contributed by atoms with Crippen molar-refractivity contribution in [2.75, 3.05) is 13.1 Å². The zero-order valence-electron chi connectivity index (χ0n) is 17.2. The molecular weight excluding hydrogens is 380 g/mol. The number of rotatable bonds is 3. The highest BCUT2D eigenvalue weighted by Gasteiger charge is 2.51. The van der Waals surface area contributed by atoms with Crippen LogP contribution in [0, 0.1) is 11.8 Å². The molecule has 29 heavy (non-hydrogen) atoms. The maximum absolute atomic E-state index is 12.5. The lowest BCUT2D eigenvalue weighted by Crippen LogP contribution is -2.59. The number of fused-ring (bicyclic) bond motifs is 3. The Morgan fingerprint density at radius 2 is 1.90 bits per heavy atom. The van der Waals surface area contributed by atoms with E-state index in [-0.39, 0.29) is 41.1 Å². The van der Waals surface area contributed by atoms with Crippen molar-refractivity contribution in [1.82, 2.24) is 10.2 Å². The third kappa shape index (κ3) is 3.55. The fourth-order valence-corrected chi connectivity index (χ4v) is 7.19. The van der Waals surface area contributed by atoms with Crippen molar-refractivity contribution in [1.29, 1.82) is 0 Å². The van der Waals surface area contributed by atoms with Gasteiger partial charge in [0.1, 0.15) is 0 Å². The summed E-state index contributed by atoms with van der Waals surface area (Å²) in [7, 11) is 0. The second-order valence-electron chi connectivity index (χ2n) is 9.26. The van der Waals surface area contributed by atoms with Crippen LogP contribution in [0.15, 0.2) is 35.7 Å². The van der Waals surface area contributed by atoms with Gasteiger partial charge >= 0.3 is 0 Å². The maximum Gasteiger partial charge on any atom is 0.234 e. The molecule has 7 unspecified atom stereocenters. The van der Waals surface area contributed by atoms with Gasteiger partial charge in [0.15, 0.2) is 0 Å². The average molecular weight is 413 g/mol. The molecule has 0 spiro atoms. The van der Waals surface area contributed by atoms with Gasteiger partial charge < -0.3 is 10.4 Å². The van der Waals surface area contributed by atoms with E-state index in [0.717, 1.165) is 12.8 Å². The first-order valence-corrected chi connectivity index (χ1v) is 12.2. The number of nitrogens with zero attached hydrogens (tertiary/aromatic N) is 1. The number of hydrogen-bond donors (Lipinski definition) is 2. The summed E-state index contributed by atoms with van der Waals surface area (Å²) in [6, 6.07) is 9.63. The molecular formula is C24H32N2O2S. The second kappa shape index (κ2) is 8.09. The predicted molar refractivity (Wildman–Crippen MR) is 118 cm³/mol. The number of piperidine rings is 2. The van der Waals surface area contributed by atoms with Crippen LogP contribution >= 0.6 is 11.8 Å². The van der Waals surface area contributed by atoms with Crippen LogP contribution in [0.4, 0.5) is 0 Å². The van der Waals surface area contributed by atoms with E-state index in [0.29, 0.717) is 6.04 Å². The number of aliphatic hydroxyl groups is 1. The molecule has 1 aromatic rings. The van der Waals surface area contributed by atoms with Crippen molar-refractivity contribution >= 4 is 17.7 Å². The number of thioether (sulfide) groups is 1. The Morgan fingerprint density at radius 1 is 1.14 bits per heavy atom. The highest BCUT2D eigenvalue weighted by atomic mass is 32.2. The lowest BCUT2D eigenvalue weighted by molar-refractivity contribution is -0.126. The standard InChI is InChI=1S/C24H32N2O2S/c1-15(26-12-3-2-4-13-26)16-5-7-17(8-6-16)21-20(27)10-9-19-22(21)18-11-14-29-23(18)24(28)25-19/h5-8,11,14-15,18-23,27H,2-4,9-10,12-13H2,1H3,(H,25,28). The summed E-state index contributed by atoms with van der Waals surface area (Å²) in [5.41, 5.74) is 2.59. The van der Waals surface area contributed by atoms with Crippen LogP contribution in [0.2, 0.25) is 0 Å². The first-order valence-electron chi connectivity index (χ1n) is 11.3. The molecule has 7 atom stereocenters. The minimum atomic E-state index is -0.337. The molecule has 3 heterocycles. The highest BCUT2D eigenvalue weighted by molar-refractivity contribution is 8.03. The smallest absolute Gasteiger partial charge is 0.234 e. The van der Waals surface area contributed by atoms with Crippen molar-refractivity contribution in [3.05, 3.63) is 46.9 Å². The van der Waals surface area contributed by atoms with E-state index in [1.54, 1.807) is 11.8 Å². The van der Waals surface area contributed by atoms with Crippen LogP contribution in [0.3, 0.4) is 0 Å². The van der Waals surface area contributed by atoms with E-state index in [2.05, 4.69) is 52.9 Å². The Kier molecular flexibility index (Phi) is 5.48. The fraction of sp³-hybridized carbons (Fsp3) is 0.625. The molecule has 4 nitrogen and oxygen atoms in total. The Balaban J connectivity index is 1.40. The molecule has 1 aromatic carbocycles. The first kappa shape index (κ1) is 19.7. The Bertz CT molecular complexity index is 774. The van der Waals surface area contributed by atoms with Gasteiger partial charge in [-0.2, -0.15) is 0 Å². The largest absolute Gasteiger partial charge is 0.392 e. The summed E-state index contributed by atoms with van der Waals surface area (Å²) in [5, 5.41) is 16.3. The highest BCUT2D eigenvalue weighted by Crippen LogP contribution is 2.50. The number of hydrogen-bond acceptors (Lipinski definition) is 4.